The van der Waals surface area contributed by atoms with E-state index in [2.05, 4.69) is 6.92 Å². The van der Waals surface area contributed by atoms with Gasteiger partial charge in [0, 0.05) is 0 Å². The average molecular weight is 391 g/mol. The fraction of sp³-hybridized carbons (Fsp3) is 0.652. The van der Waals surface area contributed by atoms with Crippen LogP contribution in [-0.2, 0) is 14.3 Å². The second kappa shape index (κ2) is 11.7. The maximum atomic E-state index is 12.7. The van der Waals surface area contributed by atoms with Crippen molar-refractivity contribution in [3.63, 3.8) is 0 Å². The zero-order valence-corrected chi connectivity index (χ0v) is 17.4. The Morgan fingerprint density at radius 1 is 0.929 bits per heavy atom. The largest absolute Gasteiger partial charge is 0.491 e. The normalized spacial score (nSPS) is 19.3. The van der Waals surface area contributed by atoms with Crippen LogP contribution in [-0.4, -0.2) is 24.6 Å². The number of esters is 2. The molecule has 1 fully saturated rings. The van der Waals surface area contributed by atoms with Crippen LogP contribution >= 0.6 is 0 Å². The molecule has 156 valence electrons. The van der Waals surface area contributed by atoms with Crippen LogP contribution in [0.1, 0.15) is 72.1 Å². The van der Waals surface area contributed by atoms with Crippen molar-refractivity contribution in [3.05, 3.63) is 24.3 Å². The van der Waals surface area contributed by atoms with E-state index in [0.29, 0.717) is 25.2 Å². The molecule has 0 aliphatic heterocycles. The van der Waals surface area contributed by atoms with Gasteiger partial charge in [0.15, 0.2) is 0 Å². The molecule has 0 amide bonds. The van der Waals surface area contributed by atoms with Crippen molar-refractivity contribution < 1.29 is 23.8 Å². The first-order valence-electron chi connectivity index (χ1n) is 10.7. The lowest BCUT2D eigenvalue weighted by Crippen LogP contribution is -2.36. The molecular formula is C23H34O5. The fourth-order valence-corrected chi connectivity index (χ4v) is 3.55. The van der Waals surface area contributed by atoms with Crippen LogP contribution < -0.4 is 9.47 Å². The van der Waals surface area contributed by atoms with Crippen LogP contribution in [0.5, 0.6) is 11.5 Å². The second-order valence-electron chi connectivity index (χ2n) is 7.78. The molecule has 1 aromatic carbocycles. The Morgan fingerprint density at radius 2 is 1.54 bits per heavy atom. The summed E-state index contributed by atoms with van der Waals surface area (Å²) in [6.45, 7) is 6.50. The minimum Gasteiger partial charge on any atom is -0.491 e. The van der Waals surface area contributed by atoms with Crippen LogP contribution in [0.15, 0.2) is 24.3 Å². The predicted octanol–water partition coefficient (Wildman–Crippen LogP) is 5.31. The Morgan fingerprint density at radius 3 is 2.14 bits per heavy atom. The monoisotopic (exact) mass is 390 g/mol. The Hall–Kier alpha value is -2.04. The standard InChI is InChI=1S/C23H34O5/c1-4-5-6-9-16-26-22(24)20-10-7-8-11-21(20)23(25)28-19-14-12-18(13-15-19)27-17(2)3/h12-15,17,20-21H,4-11,16H2,1-3H3. The summed E-state index contributed by atoms with van der Waals surface area (Å²) in [4.78, 5) is 25.2. The van der Waals surface area contributed by atoms with Gasteiger partial charge in [-0.05, 0) is 57.4 Å². The van der Waals surface area contributed by atoms with Gasteiger partial charge in [-0.1, -0.05) is 39.0 Å². The first-order valence-corrected chi connectivity index (χ1v) is 10.7. The highest BCUT2D eigenvalue weighted by molar-refractivity contribution is 5.83. The van der Waals surface area contributed by atoms with Gasteiger partial charge in [-0.3, -0.25) is 9.59 Å². The molecule has 0 heterocycles. The number of hydrogen-bond donors (Lipinski definition) is 0. The molecule has 0 radical (unpaired) electrons. The SMILES string of the molecule is CCCCCCOC(=O)C1CCCCC1C(=O)Oc1ccc(OC(C)C)cc1. The molecule has 0 saturated heterocycles. The van der Waals surface area contributed by atoms with Gasteiger partial charge in [0.2, 0.25) is 0 Å². The van der Waals surface area contributed by atoms with Crippen molar-refractivity contribution in [3.8, 4) is 11.5 Å². The van der Waals surface area contributed by atoms with E-state index in [1.165, 1.54) is 0 Å². The third-order valence-electron chi connectivity index (χ3n) is 5.03. The minimum atomic E-state index is -0.427. The molecular weight excluding hydrogens is 356 g/mol. The van der Waals surface area contributed by atoms with Gasteiger partial charge in [-0.25, -0.2) is 0 Å². The number of carbonyl (C=O) groups is 2. The number of carbonyl (C=O) groups excluding carboxylic acids is 2. The molecule has 2 unspecified atom stereocenters. The molecule has 5 nitrogen and oxygen atoms in total. The Balaban J connectivity index is 1.89. The number of rotatable bonds is 10. The highest BCUT2D eigenvalue weighted by atomic mass is 16.5. The average Bonchev–Trinajstić information content (AvgIpc) is 2.68. The molecule has 1 saturated carbocycles. The quantitative estimate of drug-likeness (QED) is 0.308. The number of unbranched alkanes of at least 4 members (excludes halogenated alkanes) is 3. The summed E-state index contributed by atoms with van der Waals surface area (Å²) in [7, 11) is 0. The van der Waals surface area contributed by atoms with E-state index in [0.717, 1.165) is 44.3 Å². The second-order valence-corrected chi connectivity index (χ2v) is 7.78. The Kier molecular flexibility index (Phi) is 9.32. The van der Waals surface area contributed by atoms with Crippen molar-refractivity contribution >= 4 is 11.9 Å². The zero-order chi connectivity index (χ0) is 20.4. The number of benzene rings is 1. The van der Waals surface area contributed by atoms with E-state index in [9.17, 15) is 9.59 Å². The highest BCUT2D eigenvalue weighted by Crippen LogP contribution is 2.33. The molecule has 5 heteroatoms. The van der Waals surface area contributed by atoms with E-state index in [4.69, 9.17) is 14.2 Å². The highest BCUT2D eigenvalue weighted by Gasteiger charge is 2.38. The van der Waals surface area contributed by atoms with Crippen LogP contribution in [0.3, 0.4) is 0 Å². The molecule has 0 spiro atoms. The first kappa shape index (κ1) is 22.3. The molecule has 0 bridgehead atoms. The summed E-state index contributed by atoms with van der Waals surface area (Å²) in [5.74, 6) is -0.209. The summed E-state index contributed by atoms with van der Waals surface area (Å²) in [5, 5.41) is 0. The van der Waals surface area contributed by atoms with Crippen LogP contribution in [0.4, 0.5) is 0 Å². The number of ether oxygens (including phenoxy) is 3. The molecule has 0 aromatic heterocycles. The summed E-state index contributed by atoms with van der Waals surface area (Å²) in [6.07, 6.45) is 7.57. The van der Waals surface area contributed by atoms with Crippen LogP contribution in [0.25, 0.3) is 0 Å². The third kappa shape index (κ3) is 7.17. The molecule has 1 aliphatic rings. The lowest BCUT2D eigenvalue weighted by atomic mass is 9.79. The molecule has 2 atom stereocenters. The summed E-state index contributed by atoms with van der Waals surface area (Å²) in [6, 6.07) is 7.01. The molecule has 1 aromatic rings. The fourth-order valence-electron chi connectivity index (χ4n) is 3.55. The smallest absolute Gasteiger partial charge is 0.315 e. The van der Waals surface area contributed by atoms with Crippen LogP contribution in [0, 0.1) is 11.8 Å². The number of hydrogen-bond acceptors (Lipinski definition) is 5. The van der Waals surface area contributed by atoms with E-state index >= 15 is 0 Å². The first-order chi connectivity index (χ1) is 13.5. The molecule has 2 rings (SSSR count). The van der Waals surface area contributed by atoms with Gasteiger partial charge in [-0.15, -0.1) is 0 Å². The maximum Gasteiger partial charge on any atom is 0.315 e. The lowest BCUT2D eigenvalue weighted by molar-refractivity contribution is -0.158. The van der Waals surface area contributed by atoms with E-state index < -0.39 is 11.8 Å². The van der Waals surface area contributed by atoms with Gasteiger partial charge in [0.05, 0.1) is 24.5 Å². The summed E-state index contributed by atoms with van der Waals surface area (Å²) < 4.78 is 16.6. The zero-order valence-electron chi connectivity index (χ0n) is 17.4. The van der Waals surface area contributed by atoms with Gasteiger partial charge in [-0.2, -0.15) is 0 Å². The minimum absolute atomic E-state index is 0.0874. The molecule has 1 aliphatic carbocycles. The maximum absolute atomic E-state index is 12.7. The van der Waals surface area contributed by atoms with Gasteiger partial charge >= 0.3 is 11.9 Å². The third-order valence-corrected chi connectivity index (χ3v) is 5.03. The van der Waals surface area contributed by atoms with E-state index in [-0.39, 0.29) is 18.0 Å². The van der Waals surface area contributed by atoms with Gasteiger partial charge < -0.3 is 14.2 Å². The van der Waals surface area contributed by atoms with Gasteiger partial charge in [0.1, 0.15) is 11.5 Å². The van der Waals surface area contributed by atoms with Crippen molar-refractivity contribution in [1.82, 2.24) is 0 Å². The van der Waals surface area contributed by atoms with Crippen molar-refractivity contribution in [2.45, 2.75) is 78.2 Å². The van der Waals surface area contributed by atoms with Crippen molar-refractivity contribution in [1.29, 1.82) is 0 Å². The van der Waals surface area contributed by atoms with E-state index in [1.54, 1.807) is 24.3 Å². The van der Waals surface area contributed by atoms with Gasteiger partial charge in [0.25, 0.3) is 0 Å². The molecule has 0 N–H and O–H groups in total. The van der Waals surface area contributed by atoms with Crippen LogP contribution in [0.2, 0.25) is 0 Å². The summed E-state index contributed by atoms with van der Waals surface area (Å²) >= 11 is 0. The van der Waals surface area contributed by atoms with Crippen molar-refractivity contribution in [2.75, 3.05) is 6.61 Å². The van der Waals surface area contributed by atoms with Crippen molar-refractivity contribution in [2.24, 2.45) is 11.8 Å². The molecule has 28 heavy (non-hydrogen) atoms. The Bertz CT molecular complexity index is 608. The topological polar surface area (TPSA) is 61.8 Å². The Labute approximate surface area is 168 Å². The predicted molar refractivity (Wildman–Crippen MR) is 108 cm³/mol. The lowest BCUT2D eigenvalue weighted by Gasteiger charge is -2.28. The van der Waals surface area contributed by atoms with E-state index in [1.807, 2.05) is 13.8 Å². The summed E-state index contributed by atoms with van der Waals surface area (Å²) in [5.41, 5.74) is 0.